The molecule has 2 fully saturated rings. The van der Waals surface area contributed by atoms with Crippen molar-refractivity contribution in [2.24, 2.45) is 17.8 Å². The Morgan fingerprint density at radius 2 is 1.61 bits per heavy atom. The van der Waals surface area contributed by atoms with Crippen molar-refractivity contribution in [1.29, 1.82) is 0 Å². The first-order valence-electron chi connectivity index (χ1n) is 10.6. The molecule has 0 N–H and O–H groups in total. The summed E-state index contributed by atoms with van der Waals surface area (Å²) in [5.41, 5.74) is 3.60. The number of benzene rings is 2. The number of rotatable bonds is 7. The van der Waals surface area contributed by atoms with E-state index in [2.05, 4.69) is 55.5 Å². The van der Waals surface area contributed by atoms with Crippen LogP contribution < -0.4 is 0 Å². The zero-order chi connectivity index (χ0) is 19.3. The Kier molecular flexibility index (Phi) is 6.11. The first kappa shape index (κ1) is 19.2. The fourth-order valence-electron chi connectivity index (χ4n) is 4.35. The zero-order valence-corrected chi connectivity index (χ0v) is 16.7. The summed E-state index contributed by atoms with van der Waals surface area (Å²) < 4.78 is 11.7. The summed E-state index contributed by atoms with van der Waals surface area (Å²) >= 11 is 0. The summed E-state index contributed by atoms with van der Waals surface area (Å²) in [7, 11) is 0. The van der Waals surface area contributed by atoms with Gasteiger partial charge in [0.2, 0.25) is 0 Å². The maximum Gasteiger partial charge on any atom is 0.309 e. The molecule has 0 radical (unpaired) electrons. The summed E-state index contributed by atoms with van der Waals surface area (Å²) in [5, 5.41) is 0. The van der Waals surface area contributed by atoms with E-state index in [0.29, 0.717) is 25.0 Å². The second-order valence-corrected chi connectivity index (χ2v) is 8.32. The highest BCUT2D eigenvalue weighted by Gasteiger charge is 2.53. The van der Waals surface area contributed by atoms with E-state index in [9.17, 15) is 4.79 Å². The summed E-state index contributed by atoms with van der Waals surface area (Å²) in [5.74, 6) is 0.707. The van der Waals surface area contributed by atoms with Gasteiger partial charge in [0.05, 0.1) is 19.1 Å². The topological polar surface area (TPSA) is 35.5 Å². The first-order chi connectivity index (χ1) is 13.7. The molecule has 0 heterocycles. The van der Waals surface area contributed by atoms with E-state index in [1.807, 2.05) is 6.07 Å². The molecule has 2 aromatic rings. The van der Waals surface area contributed by atoms with Crippen molar-refractivity contribution in [3.05, 3.63) is 60.2 Å². The second-order valence-electron chi connectivity index (χ2n) is 8.32. The van der Waals surface area contributed by atoms with Gasteiger partial charge in [-0.15, -0.1) is 0 Å². The summed E-state index contributed by atoms with van der Waals surface area (Å²) in [6, 6.07) is 18.9. The van der Waals surface area contributed by atoms with Crippen LogP contribution in [0.2, 0.25) is 0 Å². The molecule has 2 aromatic carbocycles. The van der Waals surface area contributed by atoms with Crippen LogP contribution in [0.1, 0.15) is 44.6 Å². The fourth-order valence-corrected chi connectivity index (χ4v) is 4.35. The highest BCUT2D eigenvalue weighted by Crippen LogP contribution is 2.47. The predicted molar refractivity (Wildman–Crippen MR) is 111 cm³/mol. The molecule has 148 valence electrons. The van der Waals surface area contributed by atoms with Crippen LogP contribution in [0.4, 0.5) is 0 Å². The van der Waals surface area contributed by atoms with Gasteiger partial charge in [-0.05, 0) is 54.2 Å². The van der Waals surface area contributed by atoms with Crippen molar-refractivity contribution in [3.8, 4) is 11.1 Å². The van der Waals surface area contributed by atoms with Crippen molar-refractivity contribution in [2.45, 2.75) is 51.7 Å². The fraction of sp³-hybridized carbons (Fsp3) is 0.480. The maximum atomic E-state index is 12.4. The molecule has 2 saturated carbocycles. The average molecular weight is 379 g/mol. The lowest BCUT2D eigenvalue weighted by molar-refractivity contribution is -0.153. The van der Waals surface area contributed by atoms with Crippen LogP contribution >= 0.6 is 0 Å². The van der Waals surface area contributed by atoms with Crippen LogP contribution in [-0.2, 0) is 20.9 Å². The number of ether oxygens (including phenoxy) is 2. The molecule has 0 spiro atoms. The summed E-state index contributed by atoms with van der Waals surface area (Å²) in [6.07, 6.45) is 5.87. The normalized spacial score (nSPS) is 24.7. The van der Waals surface area contributed by atoms with Gasteiger partial charge in [0.15, 0.2) is 0 Å². The van der Waals surface area contributed by atoms with Gasteiger partial charge in [0.1, 0.15) is 6.10 Å². The predicted octanol–water partition coefficient (Wildman–Crippen LogP) is 5.63. The maximum absolute atomic E-state index is 12.4. The summed E-state index contributed by atoms with van der Waals surface area (Å²) in [4.78, 5) is 12.4. The van der Waals surface area contributed by atoms with Crippen molar-refractivity contribution < 1.29 is 14.3 Å². The third-order valence-corrected chi connectivity index (χ3v) is 6.31. The molecule has 0 aliphatic heterocycles. The number of esters is 1. The Hall–Kier alpha value is -2.13. The minimum atomic E-state index is 0.000198. The third-order valence-electron chi connectivity index (χ3n) is 6.31. The molecule has 3 nitrogen and oxygen atoms in total. The minimum Gasteiger partial charge on any atom is -0.462 e. The van der Waals surface area contributed by atoms with Crippen LogP contribution in [0, 0.1) is 17.8 Å². The molecule has 0 amide bonds. The molecular formula is C25H30O3. The van der Waals surface area contributed by atoms with E-state index in [-0.39, 0.29) is 18.0 Å². The van der Waals surface area contributed by atoms with Crippen LogP contribution in [0.5, 0.6) is 0 Å². The molecule has 4 rings (SSSR count). The zero-order valence-electron chi connectivity index (χ0n) is 16.7. The van der Waals surface area contributed by atoms with Crippen molar-refractivity contribution in [2.75, 3.05) is 6.61 Å². The van der Waals surface area contributed by atoms with Gasteiger partial charge in [-0.1, -0.05) is 67.9 Å². The van der Waals surface area contributed by atoms with Crippen molar-refractivity contribution >= 4 is 5.97 Å². The van der Waals surface area contributed by atoms with Crippen LogP contribution in [0.3, 0.4) is 0 Å². The van der Waals surface area contributed by atoms with Crippen LogP contribution in [0.15, 0.2) is 54.6 Å². The van der Waals surface area contributed by atoms with Gasteiger partial charge in [0, 0.05) is 0 Å². The Labute approximate surface area is 168 Å². The SMILES string of the molecule is CC1C(COCc2ccc(-c3ccccc3)cc2)C1C(=O)OC1CCCCC1. The standard InChI is InChI=1S/C25H30O3/c1-18-23(24(18)25(26)28-22-10-6-3-7-11-22)17-27-16-19-12-14-21(15-13-19)20-8-4-2-5-9-20/h2,4-5,8-9,12-15,18,22-24H,3,6-7,10-11,16-17H2,1H3. The third kappa shape index (κ3) is 4.64. The molecule has 2 aliphatic rings. The van der Waals surface area contributed by atoms with E-state index in [1.54, 1.807) is 0 Å². The van der Waals surface area contributed by atoms with Crippen molar-refractivity contribution in [3.63, 3.8) is 0 Å². The van der Waals surface area contributed by atoms with Gasteiger partial charge < -0.3 is 9.47 Å². The Morgan fingerprint density at radius 1 is 0.929 bits per heavy atom. The van der Waals surface area contributed by atoms with Gasteiger partial charge in [-0.2, -0.15) is 0 Å². The van der Waals surface area contributed by atoms with Crippen LogP contribution in [-0.4, -0.2) is 18.7 Å². The lowest BCUT2D eigenvalue weighted by Crippen LogP contribution is -2.22. The number of hydrogen-bond acceptors (Lipinski definition) is 3. The lowest BCUT2D eigenvalue weighted by atomic mass is 9.98. The average Bonchev–Trinajstić information content (AvgIpc) is 3.39. The van der Waals surface area contributed by atoms with E-state index < -0.39 is 0 Å². The lowest BCUT2D eigenvalue weighted by Gasteiger charge is -2.21. The molecular weight excluding hydrogens is 348 g/mol. The molecule has 3 unspecified atom stereocenters. The van der Waals surface area contributed by atoms with E-state index >= 15 is 0 Å². The number of carbonyl (C=O) groups is 1. The minimum absolute atomic E-state index is 0.000198. The quantitative estimate of drug-likeness (QED) is 0.586. The van der Waals surface area contributed by atoms with Gasteiger partial charge in [-0.3, -0.25) is 4.79 Å². The Morgan fingerprint density at radius 3 is 2.32 bits per heavy atom. The highest BCUT2D eigenvalue weighted by atomic mass is 16.5. The van der Waals surface area contributed by atoms with E-state index in [0.717, 1.165) is 18.4 Å². The van der Waals surface area contributed by atoms with Crippen LogP contribution in [0.25, 0.3) is 11.1 Å². The molecule has 3 atom stereocenters. The van der Waals surface area contributed by atoms with Crippen molar-refractivity contribution in [1.82, 2.24) is 0 Å². The van der Waals surface area contributed by atoms with E-state index in [4.69, 9.17) is 9.47 Å². The largest absolute Gasteiger partial charge is 0.462 e. The molecule has 2 aliphatic carbocycles. The Bertz CT molecular complexity index is 762. The smallest absolute Gasteiger partial charge is 0.309 e. The number of hydrogen-bond donors (Lipinski definition) is 0. The molecule has 3 heteroatoms. The summed E-state index contributed by atoms with van der Waals surface area (Å²) in [6.45, 7) is 3.35. The molecule has 0 aromatic heterocycles. The van der Waals surface area contributed by atoms with Gasteiger partial charge >= 0.3 is 5.97 Å². The molecule has 28 heavy (non-hydrogen) atoms. The molecule has 0 saturated heterocycles. The highest BCUT2D eigenvalue weighted by molar-refractivity contribution is 5.76. The molecule has 0 bridgehead atoms. The van der Waals surface area contributed by atoms with E-state index in [1.165, 1.54) is 30.4 Å². The Balaban J connectivity index is 1.21. The van der Waals surface area contributed by atoms with Gasteiger partial charge in [0.25, 0.3) is 0 Å². The monoisotopic (exact) mass is 378 g/mol. The van der Waals surface area contributed by atoms with Gasteiger partial charge in [-0.25, -0.2) is 0 Å². The number of carbonyl (C=O) groups excluding carboxylic acids is 1. The first-order valence-corrected chi connectivity index (χ1v) is 10.6. The second kappa shape index (κ2) is 8.91.